The number of para-hydroxylation sites is 2. The van der Waals surface area contributed by atoms with E-state index < -0.39 is 0 Å². The van der Waals surface area contributed by atoms with Crippen molar-refractivity contribution in [2.75, 3.05) is 44.2 Å². The number of nitrogens with zero attached hydrogens (tertiary/aromatic N) is 5. The Morgan fingerprint density at radius 2 is 1.66 bits per heavy atom. The van der Waals surface area contributed by atoms with Crippen molar-refractivity contribution in [3.05, 3.63) is 78.4 Å². The highest BCUT2D eigenvalue weighted by Crippen LogP contribution is 2.24. The minimum absolute atomic E-state index is 0.0609. The van der Waals surface area contributed by atoms with E-state index in [1.165, 1.54) is 6.07 Å². The number of piperidine rings is 1. The van der Waals surface area contributed by atoms with Gasteiger partial charge in [-0.05, 0) is 43.2 Å². The van der Waals surface area contributed by atoms with E-state index >= 15 is 0 Å². The molecule has 2 saturated heterocycles. The first kappa shape index (κ1) is 20.7. The molecule has 0 bridgehead atoms. The summed E-state index contributed by atoms with van der Waals surface area (Å²) in [7, 11) is 0. The fourth-order valence-corrected chi connectivity index (χ4v) is 4.91. The molecule has 0 aliphatic carbocycles. The van der Waals surface area contributed by atoms with Crippen molar-refractivity contribution in [2.24, 2.45) is 0 Å². The molecule has 1 amide bonds. The second-order valence-corrected chi connectivity index (χ2v) is 8.49. The Bertz CT molecular complexity index is 1060. The van der Waals surface area contributed by atoms with Gasteiger partial charge in [0.2, 0.25) is 0 Å². The van der Waals surface area contributed by atoms with Crippen LogP contribution in [0.2, 0.25) is 0 Å². The van der Waals surface area contributed by atoms with Gasteiger partial charge in [0.05, 0.1) is 16.9 Å². The standard InChI is InChI=1S/C25H28FN5O/c26-22-9-2-4-11-24(22)29-17-15-28(16-18-29)20-7-5-13-30(19-20)25(32)21-8-1-3-10-23(21)31-14-6-12-27-31/h1-4,6,8-12,14,20H,5,7,13,15-19H2. The predicted octanol–water partition coefficient (Wildman–Crippen LogP) is 3.44. The van der Waals surface area contributed by atoms with Crippen LogP contribution < -0.4 is 4.90 Å². The van der Waals surface area contributed by atoms with Crippen LogP contribution in [-0.2, 0) is 0 Å². The van der Waals surface area contributed by atoms with Gasteiger partial charge in [0.1, 0.15) is 5.82 Å². The van der Waals surface area contributed by atoms with Crippen LogP contribution in [0.1, 0.15) is 23.2 Å². The van der Waals surface area contributed by atoms with Crippen LogP contribution >= 0.6 is 0 Å². The highest BCUT2D eigenvalue weighted by Gasteiger charge is 2.31. The van der Waals surface area contributed by atoms with Crippen molar-refractivity contribution < 1.29 is 9.18 Å². The summed E-state index contributed by atoms with van der Waals surface area (Å²) in [6.45, 7) is 4.86. The van der Waals surface area contributed by atoms with E-state index in [9.17, 15) is 9.18 Å². The van der Waals surface area contributed by atoms with Crippen molar-refractivity contribution in [1.82, 2.24) is 19.6 Å². The first-order valence-corrected chi connectivity index (χ1v) is 11.3. The second kappa shape index (κ2) is 9.12. The van der Waals surface area contributed by atoms with E-state index in [0.717, 1.165) is 57.8 Å². The molecule has 5 rings (SSSR count). The number of likely N-dealkylation sites (tertiary alicyclic amines) is 1. The fourth-order valence-electron chi connectivity index (χ4n) is 4.91. The van der Waals surface area contributed by atoms with Crippen molar-refractivity contribution in [1.29, 1.82) is 0 Å². The van der Waals surface area contributed by atoms with Crippen LogP contribution in [0.4, 0.5) is 10.1 Å². The first-order chi connectivity index (χ1) is 15.7. The van der Waals surface area contributed by atoms with Crippen LogP contribution in [0.5, 0.6) is 0 Å². The van der Waals surface area contributed by atoms with Gasteiger partial charge in [0, 0.05) is 57.7 Å². The maximum atomic E-state index is 14.2. The number of carbonyl (C=O) groups is 1. The van der Waals surface area contributed by atoms with Crippen LogP contribution in [0, 0.1) is 5.82 Å². The van der Waals surface area contributed by atoms with Gasteiger partial charge in [-0.1, -0.05) is 24.3 Å². The molecular weight excluding hydrogens is 405 g/mol. The lowest BCUT2D eigenvalue weighted by molar-refractivity contribution is 0.0563. The minimum atomic E-state index is -0.161. The van der Waals surface area contributed by atoms with Crippen LogP contribution in [0.15, 0.2) is 67.0 Å². The topological polar surface area (TPSA) is 44.6 Å². The lowest BCUT2D eigenvalue weighted by Gasteiger charge is -2.44. The average molecular weight is 434 g/mol. The van der Waals surface area contributed by atoms with Gasteiger partial charge in [-0.15, -0.1) is 0 Å². The lowest BCUT2D eigenvalue weighted by atomic mass is 10.0. The third kappa shape index (κ3) is 4.12. The maximum Gasteiger partial charge on any atom is 0.256 e. The zero-order valence-electron chi connectivity index (χ0n) is 18.1. The highest BCUT2D eigenvalue weighted by molar-refractivity contribution is 5.97. The van der Waals surface area contributed by atoms with Gasteiger partial charge in [-0.25, -0.2) is 9.07 Å². The number of aromatic nitrogens is 2. The van der Waals surface area contributed by atoms with Crippen molar-refractivity contribution >= 4 is 11.6 Å². The molecule has 1 atom stereocenters. The quantitative estimate of drug-likeness (QED) is 0.632. The minimum Gasteiger partial charge on any atom is -0.367 e. The van der Waals surface area contributed by atoms with Crippen molar-refractivity contribution in [3.63, 3.8) is 0 Å². The summed E-state index contributed by atoms with van der Waals surface area (Å²) in [6, 6.07) is 16.8. The van der Waals surface area contributed by atoms with Gasteiger partial charge < -0.3 is 9.80 Å². The molecule has 166 valence electrons. The summed E-state index contributed by atoms with van der Waals surface area (Å²) in [5.41, 5.74) is 2.17. The number of benzene rings is 2. The molecule has 1 aromatic heterocycles. The lowest BCUT2D eigenvalue weighted by Crippen LogP contribution is -2.56. The summed E-state index contributed by atoms with van der Waals surface area (Å²) < 4.78 is 15.9. The SMILES string of the molecule is O=C(c1ccccc1-n1cccn1)N1CCCC(N2CCN(c3ccccc3F)CC2)C1. The Kier molecular flexibility index (Phi) is 5.90. The largest absolute Gasteiger partial charge is 0.367 e. The Hall–Kier alpha value is -3.19. The Balaban J connectivity index is 1.25. The van der Waals surface area contributed by atoms with E-state index in [0.29, 0.717) is 17.3 Å². The molecule has 32 heavy (non-hydrogen) atoms. The molecule has 0 N–H and O–H groups in total. The normalized spacial score (nSPS) is 19.8. The Morgan fingerprint density at radius 1 is 0.906 bits per heavy atom. The maximum absolute atomic E-state index is 14.2. The molecule has 2 aromatic carbocycles. The molecule has 1 unspecified atom stereocenters. The molecule has 2 aliphatic rings. The van der Waals surface area contributed by atoms with Gasteiger partial charge >= 0.3 is 0 Å². The zero-order valence-corrected chi connectivity index (χ0v) is 18.1. The van der Waals surface area contributed by atoms with Crippen LogP contribution in [0.25, 0.3) is 5.69 Å². The van der Waals surface area contributed by atoms with E-state index in [4.69, 9.17) is 0 Å². The van der Waals surface area contributed by atoms with Gasteiger partial charge in [-0.3, -0.25) is 9.69 Å². The number of hydrogen-bond acceptors (Lipinski definition) is 4. The molecule has 7 heteroatoms. The number of piperazine rings is 1. The molecule has 0 saturated carbocycles. The zero-order chi connectivity index (χ0) is 21.9. The number of rotatable bonds is 4. The summed E-state index contributed by atoms with van der Waals surface area (Å²) in [6.07, 6.45) is 5.66. The first-order valence-electron chi connectivity index (χ1n) is 11.3. The van der Waals surface area contributed by atoms with Crippen molar-refractivity contribution in [3.8, 4) is 5.69 Å². The third-order valence-corrected chi connectivity index (χ3v) is 6.59. The molecule has 0 radical (unpaired) electrons. The third-order valence-electron chi connectivity index (χ3n) is 6.59. The second-order valence-electron chi connectivity index (χ2n) is 8.49. The number of hydrogen-bond donors (Lipinski definition) is 0. The van der Waals surface area contributed by atoms with Crippen LogP contribution in [-0.4, -0.2) is 70.8 Å². The number of carbonyl (C=O) groups excluding carboxylic acids is 1. The summed E-state index contributed by atoms with van der Waals surface area (Å²) >= 11 is 0. The number of halogens is 1. The molecule has 6 nitrogen and oxygen atoms in total. The molecule has 2 aliphatic heterocycles. The van der Waals surface area contributed by atoms with Gasteiger partial charge in [0.15, 0.2) is 0 Å². The molecule has 2 fully saturated rings. The van der Waals surface area contributed by atoms with Gasteiger partial charge in [-0.2, -0.15) is 5.10 Å². The number of amides is 1. The number of anilines is 1. The molecule has 0 spiro atoms. The predicted molar refractivity (Wildman–Crippen MR) is 123 cm³/mol. The van der Waals surface area contributed by atoms with Gasteiger partial charge in [0.25, 0.3) is 5.91 Å². The molecule has 3 heterocycles. The summed E-state index contributed by atoms with van der Waals surface area (Å²) in [5, 5.41) is 4.31. The average Bonchev–Trinajstić information content (AvgIpc) is 3.39. The summed E-state index contributed by atoms with van der Waals surface area (Å²) in [5.74, 6) is -0.1000. The Labute approximate surface area is 187 Å². The van der Waals surface area contributed by atoms with E-state index in [-0.39, 0.29) is 11.7 Å². The van der Waals surface area contributed by atoms with E-state index in [2.05, 4.69) is 14.9 Å². The molecular formula is C25H28FN5O. The fraction of sp³-hybridized carbons (Fsp3) is 0.360. The monoisotopic (exact) mass is 433 g/mol. The van der Waals surface area contributed by atoms with E-state index in [1.54, 1.807) is 16.9 Å². The molecule has 3 aromatic rings. The van der Waals surface area contributed by atoms with Crippen molar-refractivity contribution in [2.45, 2.75) is 18.9 Å². The smallest absolute Gasteiger partial charge is 0.256 e. The van der Waals surface area contributed by atoms with Crippen LogP contribution in [0.3, 0.4) is 0 Å². The Morgan fingerprint density at radius 3 is 2.41 bits per heavy atom. The highest BCUT2D eigenvalue weighted by atomic mass is 19.1. The summed E-state index contributed by atoms with van der Waals surface area (Å²) in [4.78, 5) is 20.0. The van der Waals surface area contributed by atoms with E-state index in [1.807, 2.05) is 53.6 Å².